The van der Waals surface area contributed by atoms with E-state index < -0.39 is 5.97 Å². The van der Waals surface area contributed by atoms with E-state index in [1.165, 1.54) is 27.9 Å². The summed E-state index contributed by atoms with van der Waals surface area (Å²) in [4.78, 5) is 11.9. The maximum atomic E-state index is 11.9. The van der Waals surface area contributed by atoms with Crippen LogP contribution in [0.3, 0.4) is 0 Å². The molecular weight excluding hydrogens is 342 g/mol. The number of rotatable bonds is 5. The monoisotopic (exact) mass is 361 g/mol. The van der Waals surface area contributed by atoms with Gasteiger partial charge in [-0.3, -0.25) is 0 Å². The standard InChI is InChI=1S/C21H19N3O3/c1-3-24-18-7-5-4-6-16(18)17-12-15(8-10-19(17)24)9-11-21(25)26-13-20-23-22-14(2)27-20/h4-12H,3,13H2,1-2H3. The molecule has 0 N–H and O–H groups in total. The third kappa shape index (κ3) is 3.33. The van der Waals surface area contributed by atoms with Crippen molar-refractivity contribution in [3.05, 3.63) is 65.9 Å². The van der Waals surface area contributed by atoms with Gasteiger partial charge in [0.05, 0.1) is 0 Å². The summed E-state index contributed by atoms with van der Waals surface area (Å²) >= 11 is 0. The van der Waals surface area contributed by atoms with E-state index in [0.717, 1.165) is 12.1 Å². The summed E-state index contributed by atoms with van der Waals surface area (Å²) in [7, 11) is 0. The molecule has 0 spiro atoms. The first-order valence-corrected chi connectivity index (χ1v) is 8.80. The van der Waals surface area contributed by atoms with Crippen molar-refractivity contribution in [2.75, 3.05) is 0 Å². The van der Waals surface area contributed by atoms with Crippen LogP contribution in [0.2, 0.25) is 0 Å². The zero-order valence-electron chi connectivity index (χ0n) is 15.2. The van der Waals surface area contributed by atoms with Crippen molar-refractivity contribution >= 4 is 33.9 Å². The summed E-state index contributed by atoms with van der Waals surface area (Å²) in [6.45, 7) is 4.69. The molecule has 0 aliphatic rings. The number of hydrogen-bond acceptors (Lipinski definition) is 5. The molecule has 0 bridgehead atoms. The van der Waals surface area contributed by atoms with Gasteiger partial charge < -0.3 is 13.7 Å². The van der Waals surface area contributed by atoms with E-state index in [0.29, 0.717) is 5.89 Å². The second kappa shape index (κ2) is 7.07. The third-order valence-electron chi connectivity index (χ3n) is 4.43. The summed E-state index contributed by atoms with van der Waals surface area (Å²) in [5.41, 5.74) is 3.34. The molecule has 0 saturated heterocycles. The number of aryl methyl sites for hydroxylation is 2. The molecule has 6 nitrogen and oxygen atoms in total. The van der Waals surface area contributed by atoms with Crippen LogP contribution in [-0.4, -0.2) is 20.7 Å². The number of esters is 1. The highest BCUT2D eigenvalue weighted by Crippen LogP contribution is 2.29. The highest BCUT2D eigenvalue weighted by atomic mass is 16.5. The highest BCUT2D eigenvalue weighted by Gasteiger charge is 2.09. The van der Waals surface area contributed by atoms with Crippen molar-refractivity contribution in [1.82, 2.24) is 14.8 Å². The van der Waals surface area contributed by atoms with Crippen molar-refractivity contribution < 1.29 is 13.9 Å². The van der Waals surface area contributed by atoms with Crippen LogP contribution in [0.5, 0.6) is 0 Å². The molecule has 0 aliphatic carbocycles. The molecule has 0 aliphatic heterocycles. The minimum atomic E-state index is -0.457. The lowest BCUT2D eigenvalue weighted by Gasteiger charge is -2.02. The Balaban J connectivity index is 1.56. The van der Waals surface area contributed by atoms with E-state index in [2.05, 4.69) is 52.0 Å². The Kier molecular flexibility index (Phi) is 4.46. The average molecular weight is 361 g/mol. The predicted octanol–water partition coefficient (Wildman–Crippen LogP) is 4.26. The first-order chi connectivity index (χ1) is 13.2. The maximum absolute atomic E-state index is 11.9. The lowest BCUT2D eigenvalue weighted by Crippen LogP contribution is -2.00. The molecule has 0 unspecified atom stereocenters. The number of para-hydroxylation sites is 1. The molecule has 2 aromatic heterocycles. The highest BCUT2D eigenvalue weighted by molar-refractivity contribution is 6.08. The van der Waals surface area contributed by atoms with Crippen LogP contribution in [0.25, 0.3) is 27.9 Å². The molecule has 0 saturated carbocycles. The van der Waals surface area contributed by atoms with Crippen LogP contribution in [0.15, 0.2) is 53.0 Å². The Morgan fingerprint density at radius 1 is 1.15 bits per heavy atom. The average Bonchev–Trinajstić information content (AvgIpc) is 3.25. The van der Waals surface area contributed by atoms with Crippen LogP contribution in [0, 0.1) is 6.92 Å². The van der Waals surface area contributed by atoms with Gasteiger partial charge in [0.25, 0.3) is 5.89 Å². The normalized spacial score (nSPS) is 11.6. The van der Waals surface area contributed by atoms with E-state index in [9.17, 15) is 4.79 Å². The molecule has 0 fully saturated rings. The molecule has 136 valence electrons. The number of carbonyl (C=O) groups excluding carboxylic acids is 1. The van der Waals surface area contributed by atoms with Gasteiger partial charge in [0.2, 0.25) is 5.89 Å². The Hall–Kier alpha value is -3.41. The van der Waals surface area contributed by atoms with Crippen molar-refractivity contribution in [2.24, 2.45) is 0 Å². The molecule has 0 amide bonds. The van der Waals surface area contributed by atoms with Gasteiger partial charge in [-0.05, 0) is 36.8 Å². The SMILES string of the molecule is CCn1c2ccccc2c2cc(C=CC(=O)OCc3nnc(C)o3)ccc21. The van der Waals surface area contributed by atoms with Gasteiger partial charge in [0, 0.05) is 41.4 Å². The van der Waals surface area contributed by atoms with Crippen molar-refractivity contribution in [3.8, 4) is 0 Å². The number of hydrogen-bond donors (Lipinski definition) is 0. The molecule has 6 heteroatoms. The third-order valence-corrected chi connectivity index (χ3v) is 4.43. The first kappa shape index (κ1) is 17.0. The summed E-state index contributed by atoms with van der Waals surface area (Å²) < 4.78 is 12.6. The van der Waals surface area contributed by atoms with Gasteiger partial charge in [0.1, 0.15) is 0 Å². The molecule has 0 atom stereocenters. The van der Waals surface area contributed by atoms with Crippen molar-refractivity contribution in [1.29, 1.82) is 0 Å². The lowest BCUT2D eigenvalue weighted by molar-refractivity contribution is -0.139. The number of fused-ring (bicyclic) bond motifs is 3. The fourth-order valence-corrected chi connectivity index (χ4v) is 3.26. The fraction of sp³-hybridized carbons (Fsp3) is 0.190. The van der Waals surface area contributed by atoms with Gasteiger partial charge in [0.15, 0.2) is 6.61 Å². The van der Waals surface area contributed by atoms with E-state index in [1.54, 1.807) is 13.0 Å². The molecule has 27 heavy (non-hydrogen) atoms. The number of aromatic nitrogens is 3. The minimum absolute atomic E-state index is 0.0347. The molecule has 2 aromatic carbocycles. The Bertz CT molecular complexity index is 1150. The number of ether oxygens (including phenoxy) is 1. The predicted molar refractivity (Wildman–Crippen MR) is 103 cm³/mol. The molecular formula is C21H19N3O3. The fourth-order valence-electron chi connectivity index (χ4n) is 3.26. The van der Waals surface area contributed by atoms with E-state index in [-0.39, 0.29) is 12.5 Å². The zero-order chi connectivity index (χ0) is 18.8. The molecule has 4 aromatic rings. The second-order valence-corrected chi connectivity index (χ2v) is 6.19. The van der Waals surface area contributed by atoms with Gasteiger partial charge in [-0.25, -0.2) is 4.79 Å². The first-order valence-electron chi connectivity index (χ1n) is 8.80. The Morgan fingerprint density at radius 3 is 2.74 bits per heavy atom. The summed E-state index contributed by atoms with van der Waals surface area (Å²) in [5, 5.41) is 9.86. The zero-order valence-corrected chi connectivity index (χ0v) is 15.2. The molecule has 0 radical (unpaired) electrons. The second-order valence-electron chi connectivity index (χ2n) is 6.19. The minimum Gasteiger partial charge on any atom is -0.452 e. The lowest BCUT2D eigenvalue weighted by atomic mass is 10.1. The Morgan fingerprint density at radius 2 is 1.96 bits per heavy atom. The maximum Gasteiger partial charge on any atom is 0.331 e. The molecule has 2 heterocycles. The van der Waals surface area contributed by atoms with Crippen LogP contribution >= 0.6 is 0 Å². The van der Waals surface area contributed by atoms with Crippen molar-refractivity contribution in [3.63, 3.8) is 0 Å². The smallest absolute Gasteiger partial charge is 0.331 e. The van der Waals surface area contributed by atoms with Gasteiger partial charge in [-0.2, -0.15) is 0 Å². The number of benzene rings is 2. The van der Waals surface area contributed by atoms with Crippen LogP contribution < -0.4 is 0 Å². The summed E-state index contributed by atoms with van der Waals surface area (Å²) in [6, 6.07) is 14.5. The summed E-state index contributed by atoms with van der Waals surface area (Å²) in [5.74, 6) is 0.265. The number of nitrogens with zero attached hydrogens (tertiary/aromatic N) is 3. The van der Waals surface area contributed by atoms with Crippen molar-refractivity contribution in [2.45, 2.75) is 27.0 Å². The largest absolute Gasteiger partial charge is 0.452 e. The molecule has 4 rings (SSSR count). The van der Waals surface area contributed by atoms with Crippen LogP contribution in [-0.2, 0) is 22.7 Å². The van der Waals surface area contributed by atoms with E-state index in [4.69, 9.17) is 9.15 Å². The van der Waals surface area contributed by atoms with E-state index in [1.807, 2.05) is 12.1 Å². The van der Waals surface area contributed by atoms with E-state index >= 15 is 0 Å². The van der Waals surface area contributed by atoms with Gasteiger partial charge in [-0.1, -0.05) is 24.3 Å². The topological polar surface area (TPSA) is 70.2 Å². The van der Waals surface area contributed by atoms with Crippen LogP contribution in [0.4, 0.5) is 0 Å². The summed E-state index contributed by atoms with van der Waals surface area (Å²) in [6.07, 6.45) is 3.16. The number of carbonyl (C=O) groups is 1. The van der Waals surface area contributed by atoms with Gasteiger partial charge in [-0.15, -0.1) is 10.2 Å². The quantitative estimate of drug-likeness (QED) is 0.392. The van der Waals surface area contributed by atoms with Crippen LogP contribution in [0.1, 0.15) is 24.3 Å². The Labute approximate surface area is 156 Å². The van der Waals surface area contributed by atoms with Gasteiger partial charge >= 0.3 is 5.97 Å².